The highest BCUT2D eigenvalue weighted by atomic mass is 32.2. The molecule has 0 aliphatic carbocycles. The third-order valence-corrected chi connectivity index (χ3v) is 4.10. The van der Waals surface area contributed by atoms with Crippen molar-refractivity contribution in [3.8, 4) is 0 Å². The van der Waals surface area contributed by atoms with Crippen LogP contribution in [0.1, 0.15) is 20.3 Å². The lowest BCUT2D eigenvalue weighted by Crippen LogP contribution is -2.41. The summed E-state index contributed by atoms with van der Waals surface area (Å²) in [4.78, 5) is -0.573. The first kappa shape index (κ1) is 16.0. The summed E-state index contributed by atoms with van der Waals surface area (Å²) in [6.07, 6.45) is 0.540. The van der Waals surface area contributed by atoms with E-state index in [9.17, 15) is 17.2 Å². The molecule has 1 atom stereocenters. The van der Waals surface area contributed by atoms with Crippen LogP contribution in [-0.4, -0.2) is 21.0 Å². The molecule has 3 N–H and O–H groups in total. The van der Waals surface area contributed by atoms with E-state index in [0.717, 1.165) is 12.1 Å². The van der Waals surface area contributed by atoms with Gasteiger partial charge in [-0.25, -0.2) is 21.9 Å². The average molecular weight is 292 g/mol. The van der Waals surface area contributed by atoms with Crippen LogP contribution in [0, 0.1) is 17.6 Å². The second kappa shape index (κ2) is 6.40. The van der Waals surface area contributed by atoms with Crippen LogP contribution in [0.5, 0.6) is 0 Å². The molecule has 1 aromatic rings. The summed E-state index contributed by atoms with van der Waals surface area (Å²) in [6.45, 7) is 3.96. The minimum Gasteiger partial charge on any atom is -0.329 e. The highest BCUT2D eigenvalue weighted by Crippen LogP contribution is 2.16. The van der Waals surface area contributed by atoms with Crippen LogP contribution in [0.4, 0.5) is 8.78 Å². The van der Waals surface area contributed by atoms with E-state index < -0.39 is 32.6 Å². The zero-order valence-electron chi connectivity index (χ0n) is 10.9. The Balaban J connectivity index is 2.97. The van der Waals surface area contributed by atoms with Crippen molar-refractivity contribution in [2.24, 2.45) is 11.7 Å². The zero-order valence-corrected chi connectivity index (χ0v) is 11.7. The molecule has 0 heterocycles. The Morgan fingerprint density at radius 3 is 2.42 bits per heavy atom. The van der Waals surface area contributed by atoms with Gasteiger partial charge in [0.05, 0.1) is 0 Å². The number of hydrogen-bond donors (Lipinski definition) is 2. The molecule has 1 aromatic carbocycles. The Morgan fingerprint density at radius 1 is 1.32 bits per heavy atom. The van der Waals surface area contributed by atoms with Crippen molar-refractivity contribution in [1.29, 1.82) is 0 Å². The van der Waals surface area contributed by atoms with E-state index in [0.29, 0.717) is 12.5 Å². The minimum atomic E-state index is -4.04. The third kappa shape index (κ3) is 4.52. The fraction of sp³-hybridized carbons (Fsp3) is 0.500. The van der Waals surface area contributed by atoms with Gasteiger partial charge in [0.2, 0.25) is 10.0 Å². The van der Waals surface area contributed by atoms with Crippen LogP contribution in [0.15, 0.2) is 23.1 Å². The van der Waals surface area contributed by atoms with Crippen molar-refractivity contribution in [3.05, 3.63) is 29.8 Å². The Bertz CT molecular complexity index is 533. The summed E-state index contributed by atoms with van der Waals surface area (Å²) in [7, 11) is -4.04. The largest absolute Gasteiger partial charge is 0.329 e. The van der Waals surface area contributed by atoms with Crippen molar-refractivity contribution in [3.63, 3.8) is 0 Å². The molecule has 1 rings (SSSR count). The number of hydrogen-bond acceptors (Lipinski definition) is 3. The van der Waals surface area contributed by atoms with Crippen molar-refractivity contribution in [2.45, 2.75) is 31.2 Å². The summed E-state index contributed by atoms with van der Waals surface area (Å²) >= 11 is 0. The normalized spacial score (nSPS) is 13.8. The molecule has 0 saturated heterocycles. The Morgan fingerprint density at radius 2 is 1.95 bits per heavy atom. The van der Waals surface area contributed by atoms with Crippen LogP contribution in [0.2, 0.25) is 0 Å². The van der Waals surface area contributed by atoms with Gasteiger partial charge in [-0.2, -0.15) is 0 Å². The maximum absolute atomic E-state index is 13.5. The first-order valence-corrected chi connectivity index (χ1v) is 7.42. The van der Waals surface area contributed by atoms with Gasteiger partial charge in [-0.3, -0.25) is 0 Å². The molecule has 0 aliphatic heterocycles. The molecule has 0 spiro atoms. The molecule has 4 nitrogen and oxygen atoms in total. The quantitative estimate of drug-likeness (QED) is 0.837. The van der Waals surface area contributed by atoms with E-state index in [4.69, 9.17) is 5.73 Å². The lowest BCUT2D eigenvalue weighted by atomic mass is 10.1. The van der Waals surface area contributed by atoms with E-state index >= 15 is 0 Å². The van der Waals surface area contributed by atoms with Crippen LogP contribution in [0.3, 0.4) is 0 Å². The third-order valence-electron chi connectivity index (χ3n) is 2.55. The molecule has 19 heavy (non-hydrogen) atoms. The molecule has 0 aliphatic rings. The number of benzene rings is 1. The number of nitrogens with two attached hydrogens (primary N) is 1. The predicted molar refractivity (Wildman–Crippen MR) is 69.0 cm³/mol. The van der Waals surface area contributed by atoms with Crippen molar-refractivity contribution in [2.75, 3.05) is 6.54 Å². The number of nitrogens with one attached hydrogen (secondary N) is 1. The van der Waals surface area contributed by atoms with E-state index in [2.05, 4.69) is 4.72 Å². The molecular formula is C12H18F2N2O2S. The van der Waals surface area contributed by atoms with E-state index in [-0.39, 0.29) is 12.5 Å². The molecule has 0 fully saturated rings. The van der Waals surface area contributed by atoms with Crippen LogP contribution in [-0.2, 0) is 10.0 Å². The van der Waals surface area contributed by atoms with Crippen LogP contribution < -0.4 is 10.5 Å². The van der Waals surface area contributed by atoms with Crippen molar-refractivity contribution < 1.29 is 17.2 Å². The lowest BCUT2D eigenvalue weighted by molar-refractivity contribution is 0.462. The molecule has 0 amide bonds. The van der Waals surface area contributed by atoms with Gasteiger partial charge in [0.1, 0.15) is 16.5 Å². The fourth-order valence-electron chi connectivity index (χ4n) is 1.74. The summed E-state index contributed by atoms with van der Waals surface area (Å²) in [6, 6.07) is 1.86. The smallest absolute Gasteiger partial charge is 0.243 e. The lowest BCUT2D eigenvalue weighted by Gasteiger charge is -2.19. The Labute approximate surface area is 112 Å². The van der Waals surface area contributed by atoms with Gasteiger partial charge >= 0.3 is 0 Å². The van der Waals surface area contributed by atoms with Gasteiger partial charge in [0.15, 0.2) is 0 Å². The highest BCUT2D eigenvalue weighted by Gasteiger charge is 2.23. The van der Waals surface area contributed by atoms with Gasteiger partial charge < -0.3 is 5.73 Å². The molecule has 1 unspecified atom stereocenters. The van der Waals surface area contributed by atoms with E-state index in [1.54, 1.807) is 0 Å². The van der Waals surface area contributed by atoms with Crippen molar-refractivity contribution >= 4 is 10.0 Å². The number of rotatable bonds is 6. The average Bonchev–Trinajstić information content (AvgIpc) is 2.26. The number of halogens is 2. The molecule has 0 bridgehead atoms. The monoisotopic (exact) mass is 292 g/mol. The standard InChI is InChI=1S/C12H18F2N2O2S/c1-8(2)5-10(7-15)16-19(17,18)12-4-3-9(13)6-11(12)14/h3-4,6,8,10,16H,5,7,15H2,1-2H3. The van der Waals surface area contributed by atoms with Crippen molar-refractivity contribution in [1.82, 2.24) is 4.72 Å². The maximum Gasteiger partial charge on any atom is 0.243 e. The SMILES string of the molecule is CC(C)CC(CN)NS(=O)(=O)c1ccc(F)cc1F. The van der Waals surface area contributed by atoms with Gasteiger partial charge in [0, 0.05) is 18.7 Å². The maximum atomic E-state index is 13.5. The Kier molecular flexibility index (Phi) is 5.39. The molecule has 0 saturated carbocycles. The highest BCUT2D eigenvalue weighted by molar-refractivity contribution is 7.89. The number of sulfonamides is 1. The zero-order chi connectivity index (χ0) is 14.6. The molecule has 108 valence electrons. The van der Waals surface area contributed by atoms with Gasteiger partial charge in [0.25, 0.3) is 0 Å². The first-order valence-electron chi connectivity index (χ1n) is 5.93. The van der Waals surface area contributed by atoms with Gasteiger partial charge in [-0.15, -0.1) is 0 Å². The predicted octanol–water partition coefficient (Wildman–Crippen LogP) is 1.62. The fourth-order valence-corrected chi connectivity index (χ4v) is 3.06. The van der Waals surface area contributed by atoms with E-state index in [1.807, 2.05) is 13.8 Å². The molecule has 0 aromatic heterocycles. The van der Waals surface area contributed by atoms with E-state index in [1.165, 1.54) is 0 Å². The van der Waals surface area contributed by atoms with Crippen LogP contribution >= 0.6 is 0 Å². The Hall–Kier alpha value is -1.05. The molecule has 0 radical (unpaired) electrons. The second-order valence-electron chi connectivity index (χ2n) is 4.76. The minimum absolute atomic E-state index is 0.111. The summed E-state index contributed by atoms with van der Waals surface area (Å²) in [5.74, 6) is -1.70. The summed E-state index contributed by atoms with van der Waals surface area (Å²) in [5.41, 5.74) is 5.49. The topological polar surface area (TPSA) is 72.2 Å². The molecular weight excluding hydrogens is 274 g/mol. The second-order valence-corrected chi connectivity index (χ2v) is 6.44. The summed E-state index contributed by atoms with van der Waals surface area (Å²) in [5, 5.41) is 0. The van der Waals surface area contributed by atoms with Gasteiger partial charge in [-0.1, -0.05) is 13.8 Å². The van der Waals surface area contributed by atoms with Gasteiger partial charge in [-0.05, 0) is 24.5 Å². The first-order chi connectivity index (χ1) is 8.76. The van der Waals surface area contributed by atoms with Crippen LogP contribution in [0.25, 0.3) is 0 Å². The molecule has 7 heteroatoms. The summed E-state index contributed by atoms with van der Waals surface area (Å²) < 4.78 is 52.5.